The molecule has 0 fully saturated rings. The first-order valence-corrected chi connectivity index (χ1v) is 9.04. The lowest BCUT2D eigenvalue weighted by molar-refractivity contribution is 0.102. The minimum absolute atomic E-state index is 0.184. The molecule has 2 aromatic carbocycles. The van der Waals surface area contributed by atoms with Gasteiger partial charge in [-0.25, -0.2) is 9.97 Å². The summed E-state index contributed by atoms with van der Waals surface area (Å²) in [5, 5.41) is 5.99. The Bertz CT molecular complexity index is 1050. The van der Waals surface area contributed by atoms with Gasteiger partial charge in [0, 0.05) is 30.1 Å². The molecule has 0 unspecified atom stereocenters. The fourth-order valence-corrected chi connectivity index (χ4v) is 2.97. The fourth-order valence-electron chi connectivity index (χ4n) is 2.97. The van der Waals surface area contributed by atoms with Gasteiger partial charge in [-0.05, 0) is 25.1 Å². The summed E-state index contributed by atoms with van der Waals surface area (Å²) in [7, 11) is 1.63. The molecule has 1 amide bonds. The standard InChI is InChI=1S/C21H20N4O4/c1-13-16(20(26)25-15-7-8-18-19(9-15)29-12-28-18)11-23-21(24-13)22-10-14-5-3-4-6-17(14)27-2/h3-9,11H,10,12H2,1-2H3,(H,25,26)(H,22,23,24). The smallest absolute Gasteiger partial charge is 0.259 e. The highest BCUT2D eigenvalue weighted by Crippen LogP contribution is 2.34. The molecule has 0 spiro atoms. The highest BCUT2D eigenvalue weighted by molar-refractivity contribution is 6.05. The summed E-state index contributed by atoms with van der Waals surface area (Å²) in [6.45, 7) is 2.46. The molecule has 29 heavy (non-hydrogen) atoms. The third-order valence-electron chi connectivity index (χ3n) is 4.48. The van der Waals surface area contributed by atoms with Gasteiger partial charge in [0.15, 0.2) is 11.5 Å². The molecule has 0 saturated carbocycles. The zero-order valence-electron chi connectivity index (χ0n) is 16.1. The van der Waals surface area contributed by atoms with E-state index in [1.165, 1.54) is 6.20 Å². The van der Waals surface area contributed by atoms with Crippen LogP contribution in [0.15, 0.2) is 48.7 Å². The van der Waals surface area contributed by atoms with Crippen molar-refractivity contribution in [2.75, 3.05) is 24.5 Å². The van der Waals surface area contributed by atoms with E-state index in [2.05, 4.69) is 20.6 Å². The predicted molar refractivity (Wildman–Crippen MR) is 108 cm³/mol. The number of rotatable bonds is 6. The number of hydrogen-bond acceptors (Lipinski definition) is 7. The normalized spacial score (nSPS) is 11.8. The topological polar surface area (TPSA) is 94.6 Å². The van der Waals surface area contributed by atoms with Gasteiger partial charge in [-0.15, -0.1) is 0 Å². The number of methoxy groups -OCH3 is 1. The molecule has 0 aliphatic carbocycles. The highest BCUT2D eigenvalue weighted by atomic mass is 16.7. The summed E-state index contributed by atoms with van der Waals surface area (Å²) in [5.74, 6) is 2.20. The number of fused-ring (bicyclic) bond motifs is 1. The lowest BCUT2D eigenvalue weighted by atomic mass is 10.2. The van der Waals surface area contributed by atoms with Crippen LogP contribution in [0.3, 0.4) is 0 Å². The SMILES string of the molecule is COc1ccccc1CNc1ncc(C(=O)Nc2ccc3c(c2)OCO3)c(C)n1. The van der Waals surface area contributed by atoms with Crippen LogP contribution in [-0.4, -0.2) is 29.8 Å². The maximum atomic E-state index is 12.6. The van der Waals surface area contributed by atoms with Crippen LogP contribution < -0.4 is 24.8 Å². The molecule has 8 heteroatoms. The quantitative estimate of drug-likeness (QED) is 0.664. The molecule has 0 radical (unpaired) electrons. The van der Waals surface area contributed by atoms with Gasteiger partial charge in [0.1, 0.15) is 5.75 Å². The van der Waals surface area contributed by atoms with E-state index in [4.69, 9.17) is 14.2 Å². The number of carbonyl (C=O) groups excluding carboxylic acids is 1. The van der Waals surface area contributed by atoms with Gasteiger partial charge < -0.3 is 24.8 Å². The van der Waals surface area contributed by atoms with E-state index in [1.54, 1.807) is 32.2 Å². The summed E-state index contributed by atoms with van der Waals surface area (Å²) in [6.07, 6.45) is 1.51. The van der Waals surface area contributed by atoms with Crippen molar-refractivity contribution in [2.45, 2.75) is 13.5 Å². The first-order chi connectivity index (χ1) is 14.1. The van der Waals surface area contributed by atoms with E-state index in [0.717, 1.165) is 11.3 Å². The van der Waals surface area contributed by atoms with Crippen molar-refractivity contribution in [1.82, 2.24) is 9.97 Å². The number of nitrogens with one attached hydrogen (secondary N) is 2. The third kappa shape index (κ3) is 4.06. The van der Waals surface area contributed by atoms with Crippen LogP contribution >= 0.6 is 0 Å². The number of hydrogen-bond donors (Lipinski definition) is 2. The summed E-state index contributed by atoms with van der Waals surface area (Å²) in [4.78, 5) is 21.3. The molecule has 0 atom stereocenters. The zero-order valence-corrected chi connectivity index (χ0v) is 16.1. The molecule has 4 rings (SSSR count). The van der Waals surface area contributed by atoms with Crippen molar-refractivity contribution in [3.8, 4) is 17.2 Å². The van der Waals surface area contributed by atoms with Crippen molar-refractivity contribution in [3.05, 3.63) is 65.5 Å². The van der Waals surface area contributed by atoms with Crippen molar-refractivity contribution >= 4 is 17.5 Å². The van der Waals surface area contributed by atoms with Crippen LogP contribution in [0.1, 0.15) is 21.6 Å². The molecule has 1 aromatic heterocycles. The van der Waals surface area contributed by atoms with E-state index in [9.17, 15) is 4.79 Å². The Hall–Kier alpha value is -3.81. The van der Waals surface area contributed by atoms with E-state index >= 15 is 0 Å². The summed E-state index contributed by atoms with van der Waals surface area (Å²) < 4.78 is 15.9. The molecule has 148 valence electrons. The molecule has 2 heterocycles. The second kappa shape index (κ2) is 8.05. The number of ether oxygens (including phenoxy) is 3. The van der Waals surface area contributed by atoms with Gasteiger partial charge >= 0.3 is 0 Å². The monoisotopic (exact) mass is 392 g/mol. The van der Waals surface area contributed by atoms with Gasteiger partial charge in [0.25, 0.3) is 5.91 Å². The second-order valence-electron chi connectivity index (χ2n) is 6.38. The zero-order chi connectivity index (χ0) is 20.2. The molecule has 2 N–H and O–H groups in total. The molecule has 1 aliphatic rings. The van der Waals surface area contributed by atoms with E-state index in [-0.39, 0.29) is 12.7 Å². The maximum absolute atomic E-state index is 12.6. The third-order valence-corrected chi connectivity index (χ3v) is 4.48. The fraction of sp³-hybridized carbons (Fsp3) is 0.190. The Balaban J connectivity index is 1.43. The predicted octanol–water partition coefficient (Wildman–Crippen LogP) is 3.39. The minimum Gasteiger partial charge on any atom is -0.496 e. The number of carbonyl (C=O) groups is 1. The number of aryl methyl sites for hydroxylation is 1. The van der Waals surface area contributed by atoms with Crippen LogP contribution in [0.25, 0.3) is 0 Å². The largest absolute Gasteiger partial charge is 0.496 e. The van der Waals surface area contributed by atoms with Crippen molar-refractivity contribution in [1.29, 1.82) is 0 Å². The van der Waals surface area contributed by atoms with E-state index in [1.807, 2.05) is 24.3 Å². The Morgan fingerprint density at radius 2 is 2.00 bits per heavy atom. The van der Waals surface area contributed by atoms with Crippen molar-refractivity contribution in [2.24, 2.45) is 0 Å². The molecule has 0 bridgehead atoms. The van der Waals surface area contributed by atoms with Crippen LogP contribution in [0.2, 0.25) is 0 Å². The number of anilines is 2. The number of benzene rings is 2. The lowest BCUT2D eigenvalue weighted by Gasteiger charge is -2.11. The second-order valence-corrected chi connectivity index (χ2v) is 6.38. The average molecular weight is 392 g/mol. The summed E-state index contributed by atoms with van der Waals surface area (Å²) in [6, 6.07) is 12.9. The Morgan fingerprint density at radius 3 is 2.83 bits per heavy atom. The molecule has 1 aliphatic heterocycles. The highest BCUT2D eigenvalue weighted by Gasteiger charge is 2.16. The lowest BCUT2D eigenvalue weighted by Crippen LogP contribution is -2.15. The van der Waals surface area contributed by atoms with Gasteiger partial charge in [0.05, 0.1) is 18.4 Å². The number of nitrogens with zero attached hydrogens (tertiary/aromatic N) is 2. The van der Waals surface area contributed by atoms with E-state index in [0.29, 0.717) is 40.9 Å². The van der Waals surface area contributed by atoms with Gasteiger partial charge in [-0.2, -0.15) is 0 Å². The van der Waals surface area contributed by atoms with Crippen LogP contribution in [0, 0.1) is 6.92 Å². The first-order valence-electron chi connectivity index (χ1n) is 9.04. The van der Waals surface area contributed by atoms with Crippen LogP contribution in [0.5, 0.6) is 17.2 Å². The van der Waals surface area contributed by atoms with Gasteiger partial charge in [-0.1, -0.05) is 18.2 Å². The molecule has 0 saturated heterocycles. The van der Waals surface area contributed by atoms with Gasteiger partial charge in [-0.3, -0.25) is 4.79 Å². The van der Waals surface area contributed by atoms with Crippen molar-refractivity contribution < 1.29 is 19.0 Å². The summed E-state index contributed by atoms with van der Waals surface area (Å²) >= 11 is 0. The first kappa shape index (κ1) is 18.5. The molecular weight excluding hydrogens is 372 g/mol. The molecular formula is C21H20N4O4. The van der Waals surface area contributed by atoms with Crippen LogP contribution in [0.4, 0.5) is 11.6 Å². The molecule has 8 nitrogen and oxygen atoms in total. The number of para-hydroxylation sites is 1. The van der Waals surface area contributed by atoms with Gasteiger partial charge in [0.2, 0.25) is 12.7 Å². The average Bonchev–Trinajstić information content (AvgIpc) is 3.20. The van der Waals surface area contributed by atoms with E-state index < -0.39 is 0 Å². The Kier molecular flexibility index (Phi) is 5.15. The number of aromatic nitrogens is 2. The van der Waals surface area contributed by atoms with Crippen LogP contribution in [-0.2, 0) is 6.54 Å². The summed E-state index contributed by atoms with van der Waals surface area (Å²) in [5.41, 5.74) is 2.56. The number of amides is 1. The Labute approximate surface area is 167 Å². The molecule has 3 aromatic rings. The Morgan fingerprint density at radius 1 is 1.17 bits per heavy atom. The van der Waals surface area contributed by atoms with Crippen molar-refractivity contribution in [3.63, 3.8) is 0 Å². The maximum Gasteiger partial charge on any atom is 0.259 e. The minimum atomic E-state index is -0.294.